The third-order valence-corrected chi connectivity index (χ3v) is 0. The van der Waals surface area contributed by atoms with Gasteiger partial charge in [0.2, 0.25) is 0 Å². The fraction of sp³-hybridized carbons (Fsp3) is 0. The van der Waals surface area contributed by atoms with Crippen molar-refractivity contribution in [3.05, 3.63) is 0 Å². The monoisotopic (exact) mass is 442 g/mol. The topological polar surface area (TPSA) is 305 Å². The van der Waals surface area contributed by atoms with Crippen LogP contribution in [-0.4, -0.2) is 51.2 Å². The number of carboxylic acid groups (broad SMARTS) is 10. The molecule has 0 saturated heterocycles. The molecule has 0 unspecified atom stereocenters. The van der Waals surface area contributed by atoms with E-state index < -0.39 is 30.8 Å². The van der Waals surface area contributed by atoms with Crippen LogP contribution in [0.3, 0.4) is 0 Å². The van der Waals surface area contributed by atoms with Crippen LogP contribution in [0.5, 0.6) is 0 Å². The van der Waals surface area contributed by atoms with E-state index in [0.717, 1.165) is 0 Å². The normalized spacial score (nSPS) is 4.62. The van der Waals surface area contributed by atoms with Gasteiger partial charge >= 0.3 is 190 Å². The number of carbonyl (C=O) groups is 5. The Balaban J connectivity index is -0.0000000114. The molecule has 4 N–H and O–H groups in total. The Morgan fingerprint density at radius 3 is 0.385 bits per heavy atom. The maximum Gasteiger partial charge on any atom is 1.00 e. The smallest absolute Gasteiger partial charge is 0.652 e. The summed E-state index contributed by atoms with van der Waals surface area (Å²) in [6, 6.07) is 0. The van der Waals surface area contributed by atoms with Crippen molar-refractivity contribution in [1.82, 2.24) is 0 Å². The molecule has 0 aromatic heterocycles. The van der Waals surface area contributed by atoms with Gasteiger partial charge in [-0.1, -0.05) is 0 Å². The SMILES string of the molecule is O=C(O)O.O=C(O)O.O=C([O-])[O-].O=C([O-])[O-].O=C([O-])[O-].[Na+].[Na+].[Na+].[Na+].[Na+].[Na+]. The predicted molar refractivity (Wildman–Crippen MR) is 37.5 cm³/mol. The summed E-state index contributed by atoms with van der Waals surface area (Å²) >= 11 is 0. The Hall–Kier alpha value is 2.35. The number of hydrogen-bond acceptors (Lipinski definition) is 11. The molecule has 0 bridgehead atoms. The summed E-state index contributed by atoms with van der Waals surface area (Å²) in [5.74, 6) is 0. The van der Waals surface area contributed by atoms with Gasteiger partial charge in [0, 0.05) is 0 Å². The Kier molecular flexibility index (Phi) is 171. The van der Waals surface area contributed by atoms with Crippen molar-refractivity contribution in [2.24, 2.45) is 0 Å². The molecular weight excluding hydrogens is 438 g/mol. The molecule has 0 aliphatic carbocycles. The van der Waals surface area contributed by atoms with Gasteiger partial charge < -0.3 is 65.4 Å². The maximum atomic E-state index is 8.56. The second-order valence-corrected chi connectivity index (χ2v) is 1.32. The zero-order chi connectivity index (χ0) is 17.9. The van der Waals surface area contributed by atoms with Crippen molar-refractivity contribution in [3.8, 4) is 0 Å². The molecule has 0 spiro atoms. The van der Waals surface area contributed by atoms with E-state index in [2.05, 4.69) is 0 Å². The van der Waals surface area contributed by atoms with E-state index in [0.29, 0.717) is 0 Å². The molecule has 0 radical (unpaired) electrons. The molecule has 0 rings (SSSR count). The summed E-state index contributed by atoms with van der Waals surface area (Å²) in [5.41, 5.74) is 0. The molecule has 15 nitrogen and oxygen atoms in total. The van der Waals surface area contributed by atoms with Gasteiger partial charge in [-0.25, -0.2) is 9.59 Å². The standard InChI is InChI=1S/5CH2O3.6Na/c5*2-1(3)4;;;;;;/h5*(H2,2,3,4);;;;;;/q;;;;;6*+1/p-6. The molecule has 0 heterocycles. The first kappa shape index (κ1) is 70.4. The van der Waals surface area contributed by atoms with Gasteiger partial charge in [-0.15, -0.1) is 0 Å². The van der Waals surface area contributed by atoms with E-state index >= 15 is 0 Å². The summed E-state index contributed by atoms with van der Waals surface area (Å²) in [5, 5.41) is 77.9. The average molecular weight is 442 g/mol. The van der Waals surface area contributed by atoms with E-state index in [1.54, 1.807) is 0 Å². The summed E-state index contributed by atoms with van der Waals surface area (Å²) in [6.07, 6.45) is -10.7. The molecule has 26 heavy (non-hydrogen) atoms. The van der Waals surface area contributed by atoms with Gasteiger partial charge in [0.1, 0.15) is 0 Å². The first-order valence-corrected chi connectivity index (χ1v) is 3.14. The van der Waals surface area contributed by atoms with Gasteiger partial charge in [-0.05, 0) is 18.5 Å². The largest absolute Gasteiger partial charge is 1.00 e. The van der Waals surface area contributed by atoms with Crippen molar-refractivity contribution in [2.45, 2.75) is 0 Å². The van der Waals surface area contributed by atoms with Crippen molar-refractivity contribution in [2.75, 3.05) is 0 Å². The van der Waals surface area contributed by atoms with Crippen LogP contribution in [-0.2, 0) is 0 Å². The minimum absolute atomic E-state index is 0. The van der Waals surface area contributed by atoms with Gasteiger partial charge in [0.15, 0.2) is 0 Å². The summed E-state index contributed by atoms with van der Waals surface area (Å²) in [4.78, 5) is 42.1. The zero-order valence-corrected chi connectivity index (χ0v) is 26.8. The van der Waals surface area contributed by atoms with Gasteiger partial charge in [-0.2, -0.15) is 0 Å². The number of rotatable bonds is 0. The Morgan fingerprint density at radius 2 is 0.385 bits per heavy atom. The predicted octanol–water partition coefficient (Wildman–Crippen LogP) is -24.9. The fourth-order valence-electron chi connectivity index (χ4n) is 0. The molecule has 0 aliphatic rings. The second kappa shape index (κ2) is 63.1. The molecule has 0 fully saturated rings. The number of hydrogen-bond donors (Lipinski definition) is 4. The van der Waals surface area contributed by atoms with Crippen LogP contribution in [0.15, 0.2) is 0 Å². The van der Waals surface area contributed by atoms with Gasteiger partial charge in [-0.3, -0.25) is 0 Å². The van der Waals surface area contributed by atoms with Crippen LogP contribution >= 0.6 is 0 Å². The first-order valence-electron chi connectivity index (χ1n) is 3.14. The Bertz CT molecular complexity index is 221. The van der Waals surface area contributed by atoms with E-state index in [1.165, 1.54) is 0 Å². The Labute approximate surface area is 277 Å². The summed E-state index contributed by atoms with van der Waals surface area (Å²) in [7, 11) is 0. The molecule has 0 aliphatic heterocycles. The summed E-state index contributed by atoms with van der Waals surface area (Å²) in [6.45, 7) is 0. The summed E-state index contributed by atoms with van der Waals surface area (Å²) < 4.78 is 0. The maximum absolute atomic E-state index is 8.56. The van der Waals surface area contributed by atoms with Crippen LogP contribution in [0, 0.1) is 0 Å². The molecule has 0 atom stereocenters. The second-order valence-electron chi connectivity index (χ2n) is 1.32. The van der Waals surface area contributed by atoms with Crippen LogP contribution in [0.4, 0.5) is 24.0 Å². The third kappa shape index (κ3) is 3070. The average Bonchev–Trinajstić information content (AvgIpc) is 1.94. The molecule has 0 aromatic carbocycles. The van der Waals surface area contributed by atoms with Crippen LogP contribution in [0.1, 0.15) is 0 Å². The molecular formula is C5H4Na6O15. The minimum Gasteiger partial charge on any atom is -0.652 e. The van der Waals surface area contributed by atoms with E-state index in [1.807, 2.05) is 0 Å². The minimum atomic E-state index is -2.33. The zero-order valence-electron chi connectivity index (χ0n) is 14.8. The Morgan fingerprint density at radius 1 is 0.385 bits per heavy atom. The fourth-order valence-corrected chi connectivity index (χ4v) is 0. The first-order chi connectivity index (χ1) is 8.66. The van der Waals surface area contributed by atoms with Crippen LogP contribution < -0.4 is 208 Å². The molecule has 21 heteroatoms. The third-order valence-electron chi connectivity index (χ3n) is 0. The van der Waals surface area contributed by atoms with E-state index in [4.69, 9.17) is 75.0 Å². The van der Waals surface area contributed by atoms with Crippen LogP contribution in [0.2, 0.25) is 0 Å². The number of carbonyl (C=O) groups excluding carboxylic acids is 3. The molecule has 0 aromatic rings. The van der Waals surface area contributed by atoms with Crippen molar-refractivity contribution < 1.29 is 252 Å². The molecule has 0 amide bonds. The van der Waals surface area contributed by atoms with E-state index in [-0.39, 0.29) is 177 Å². The van der Waals surface area contributed by atoms with Crippen molar-refractivity contribution in [1.29, 1.82) is 0 Å². The molecule has 0 saturated carbocycles. The van der Waals surface area contributed by atoms with Crippen molar-refractivity contribution in [3.63, 3.8) is 0 Å². The van der Waals surface area contributed by atoms with E-state index in [9.17, 15) is 0 Å². The van der Waals surface area contributed by atoms with Gasteiger partial charge in [0.05, 0.1) is 0 Å². The van der Waals surface area contributed by atoms with Crippen molar-refractivity contribution >= 4 is 30.8 Å². The molecule has 120 valence electrons. The quantitative estimate of drug-likeness (QED) is 0.253. The van der Waals surface area contributed by atoms with Gasteiger partial charge in [0.25, 0.3) is 0 Å². The van der Waals surface area contributed by atoms with Crippen LogP contribution in [0.25, 0.3) is 0 Å².